The summed E-state index contributed by atoms with van der Waals surface area (Å²) in [6, 6.07) is 0. The van der Waals surface area contributed by atoms with E-state index in [1.54, 1.807) is 7.11 Å². The van der Waals surface area contributed by atoms with Gasteiger partial charge in [0.2, 0.25) is 0 Å². The molecule has 0 aromatic rings. The first-order valence-electron chi connectivity index (χ1n) is 4.49. The Balaban J connectivity index is 2.39. The highest BCUT2D eigenvalue weighted by molar-refractivity contribution is 5.66. The highest BCUT2D eigenvalue weighted by atomic mass is 16.7. The number of methoxy groups -OCH3 is 1. The van der Waals surface area contributed by atoms with Crippen molar-refractivity contribution in [3.63, 3.8) is 0 Å². The average molecular weight is 188 g/mol. The Morgan fingerprint density at radius 3 is 2.62 bits per heavy atom. The summed E-state index contributed by atoms with van der Waals surface area (Å²) in [6.07, 6.45) is 1.23. The van der Waals surface area contributed by atoms with Crippen LogP contribution < -0.4 is 0 Å². The monoisotopic (exact) mass is 188 g/mol. The van der Waals surface area contributed by atoms with Gasteiger partial charge in [-0.15, -0.1) is 0 Å². The van der Waals surface area contributed by atoms with Crippen molar-refractivity contribution in [2.75, 3.05) is 7.11 Å². The average Bonchev–Trinajstić information content (AvgIpc) is 2.08. The zero-order valence-corrected chi connectivity index (χ0v) is 8.28. The van der Waals surface area contributed by atoms with Crippen molar-refractivity contribution in [3.05, 3.63) is 0 Å². The number of carbonyl (C=O) groups excluding carboxylic acids is 1. The first-order valence-corrected chi connectivity index (χ1v) is 4.49. The lowest BCUT2D eigenvalue weighted by Crippen LogP contribution is -2.40. The van der Waals surface area contributed by atoms with E-state index >= 15 is 0 Å². The SMILES string of the molecule is COC1CC[C@@H](OC(C)=O)[C@H](C)O1. The van der Waals surface area contributed by atoms with Crippen LogP contribution in [0.25, 0.3) is 0 Å². The molecule has 1 heterocycles. The van der Waals surface area contributed by atoms with Crippen LogP contribution in [0, 0.1) is 0 Å². The third kappa shape index (κ3) is 2.97. The van der Waals surface area contributed by atoms with E-state index in [1.165, 1.54) is 6.92 Å². The molecule has 0 bridgehead atoms. The van der Waals surface area contributed by atoms with Gasteiger partial charge >= 0.3 is 5.97 Å². The Bertz CT molecular complexity index is 180. The third-order valence-corrected chi connectivity index (χ3v) is 2.16. The smallest absolute Gasteiger partial charge is 0.302 e. The van der Waals surface area contributed by atoms with E-state index in [9.17, 15) is 4.79 Å². The molecule has 4 heteroatoms. The zero-order chi connectivity index (χ0) is 9.84. The molecule has 3 atom stereocenters. The van der Waals surface area contributed by atoms with Crippen LogP contribution in [0.1, 0.15) is 26.7 Å². The Labute approximate surface area is 78.2 Å². The molecular weight excluding hydrogens is 172 g/mol. The fourth-order valence-electron chi connectivity index (χ4n) is 1.47. The minimum absolute atomic E-state index is 0.0809. The summed E-state index contributed by atoms with van der Waals surface area (Å²) in [6.45, 7) is 3.30. The molecule has 4 nitrogen and oxygen atoms in total. The Morgan fingerprint density at radius 2 is 2.15 bits per heavy atom. The van der Waals surface area contributed by atoms with Crippen molar-refractivity contribution in [2.24, 2.45) is 0 Å². The van der Waals surface area contributed by atoms with Crippen LogP contribution in [0.4, 0.5) is 0 Å². The van der Waals surface area contributed by atoms with E-state index in [1.807, 2.05) is 6.92 Å². The molecule has 1 aliphatic heterocycles. The summed E-state index contributed by atoms with van der Waals surface area (Å²) >= 11 is 0. The molecule has 0 saturated carbocycles. The highest BCUT2D eigenvalue weighted by Gasteiger charge is 2.29. The van der Waals surface area contributed by atoms with Crippen LogP contribution in [0.15, 0.2) is 0 Å². The summed E-state index contributed by atoms with van der Waals surface area (Å²) in [5.41, 5.74) is 0. The van der Waals surface area contributed by atoms with Gasteiger partial charge in [0.1, 0.15) is 6.10 Å². The molecule has 0 spiro atoms. The van der Waals surface area contributed by atoms with Crippen molar-refractivity contribution in [1.29, 1.82) is 0 Å². The molecule has 0 aromatic carbocycles. The molecule has 1 unspecified atom stereocenters. The van der Waals surface area contributed by atoms with Crippen molar-refractivity contribution in [3.8, 4) is 0 Å². The number of carbonyl (C=O) groups is 1. The van der Waals surface area contributed by atoms with E-state index in [2.05, 4.69) is 0 Å². The van der Waals surface area contributed by atoms with Crippen molar-refractivity contribution in [1.82, 2.24) is 0 Å². The third-order valence-electron chi connectivity index (χ3n) is 2.16. The second kappa shape index (κ2) is 4.58. The standard InChI is InChI=1S/C9H16O4/c1-6-8(13-7(2)10)4-5-9(11-3)12-6/h6,8-9H,4-5H2,1-3H3/t6-,8+,9?/m0/s1. The molecule has 0 N–H and O–H groups in total. The fraction of sp³-hybridized carbons (Fsp3) is 0.889. The summed E-state index contributed by atoms with van der Waals surface area (Å²) in [5, 5.41) is 0. The maximum atomic E-state index is 10.7. The van der Waals surface area contributed by atoms with Crippen LogP contribution >= 0.6 is 0 Å². The van der Waals surface area contributed by atoms with Crippen LogP contribution in [-0.4, -0.2) is 31.6 Å². The lowest BCUT2D eigenvalue weighted by molar-refractivity contribution is -0.215. The van der Waals surface area contributed by atoms with Crippen LogP contribution in [0.2, 0.25) is 0 Å². The summed E-state index contributed by atoms with van der Waals surface area (Å²) in [7, 11) is 1.61. The topological polar surface area (TPSA) is 44.8 Å². The number of hydrogen-bond acceptors (Lipinski definition) is 4. The molecule has 0 amide bonds. The van der Waals surface area contributed by atoms with Gasteiger partial charge < -0.3 is 14.2 Å². The molecule has 1 fully saturated rings. The lowest BCUT2D eigenvalue weighted by Gasteiger charge is -2.32. The number of ether oxygens (including phenoxy) is 3. The number of hydrogen-bond donors (Lipinski definition) is 0. The van der Waals surface area contributed by atoms with Gasteiger partial charge in [-0.1, -0.05) is 0 Å². The van der Waals surface area contributed by atoms with Gasteiger partial charge in [0, 0.05) is 20.5 Å². The second-order valence-corrected chi connectivity index (χ2v) is 3.23. The van der Waals surface area contributed by atoms with E-state index in [4.69, 9.17) is 14.2 Å². The maximum Gasteiger partial charge on any atom is 0.302 e. The quantitative estimate of drug-likeness (QED) is 0.608. The largest absolute Gasteiger partial charge is 0.460 e. The van der Waals surface area contributed by atoms with Crippen molar-refractivity contribution < 1.29 is 19.0 Å². The van der Waals surface area contributed by atoms with Crippen molar-refractivity contribution >= 4 is 5.97 Å². The van der Waals surface area contributed by atoms with Gasteiger partial charge in [-0.2, -0.15) is 0 Å². The highest BCUT2D eigenvalue weighted by Crippen LogP contribution is 2.22. The number of rotatable bonds is 2. The van der Waals surface area contributed by atoms with Gasteiger partial charge in [-0.3, -0.25) is 4.79 Å². The Morgan fingerprint density at radius 1 is 1.46 bits per heavy atom. The van der Waals surface area contributed by atoms with E-state index in [-0.39, 0.29) is 24.5 Å². The normalized spacial score (nSPS) is 34.2. The zero-order valence-electron chi connectivity index (χ0n) is 8.28. The van der Waals surface area contributed by atoms with Gasteiger partial charge in [0.15, 0.2) is 6.29 Å². The van der Waals surface area contributed by atoms with Gasteiger partial charge in [-0.05, 0) is 13.3 Å². The Hall–Kier alpha value is -0.610. The van der Waals surface area contributed by atoms with Crippen LogP contribution in [0.3, 0.4) is 0 Å². The summed E-state index contributed by atoms with van der Waals surface area (Å²) < 4.78 is 15.6. The predicted octanol–water partition coefficient (Wildman–Crippen LogP) is 1.09. The van der Waals surface area contributed by atoms with E-state index < -0.39 is 0 Å². The molecule has 13 heavy (non-hydrogen) atoms. The lowest BCUT2D eigenvalue weighted by atomic mass is 10.1. The molecule has 0 radical (unpaired) electrons. The van der Waals surface area contributed by atoms with Crippen molar-refractivity contribution in [2.45, 2.75) is 45.2 Å². The molecule has 0 aliphatic carbocycles. The minimum atomic E-state index is -0.253. The van der Waals surface area contributed by atoms with Crippen LogP contribution in [-0.2, 0) is 19.0 Å². The Kier molecular flexibility index (Phi) is 3.69. The first kappa shape index (κ1) is 10.5. The van der Waals surface area contributed by atoms with Gasteiger partial charge in [0.05, 0.1) is 6.10 Å². The molecule has 1 aliphatic rings. The molecule has 76 valence electrons. The fourth-order valence-corrected chi connectivity index (χ4v) is 1.47. The molecular formula is C9H16O4. The summed E-state index contributed by atoms with van der Waals surface area (Å²) in [5.74, 6) is -0.253. The molecule has 0 aromatic heterocycles. The molecule has 1 rings (SSSR count). The second-order valence-electron chi connectivity index (χ2n) is 3.23. The summed E-state index contributed by atoms with van der Waals surface area (Å²) in [4.78, 5) is 10.7. The predicted molar refractivity (Wildman–Crippen MR) is 46.1 cm³/mol. The number of esters is 1. The maximum absolute atomic E-state index is 10.7. The van der Waals surface area contributed by atoms with Gasteiger partial charge in [-0.25, -0.2) is 0 Å². The molecule has 1 saturated heterocycles. The van der Waals surface area contributed by atoms with E-state index in [0.717, 1.165) is 12.8 Å². The first-order chi connectivity index (χ1) is 6.13. The van der Waals surface area contributed by atoms with Crippen LogP contribution in [0.5, 0.6) is 0 Å². The minimum Gasteiger partial charge on any atom is -0.460 e. The van der Waals surface area contributed by atoms with E-state index in [0.29, 0.717) is 0 Å². The van der Waals surface area contributed by atoms with Gasteiger partial charge in [0.25, 0.3) is 0 Å².